The second-order valence-electron chi connectivity index (χ2n) is 7.69. The van der Waals surface area contributed by atoms with E-state index in [2.05, 4.69) is 30.6 Å². The molecule has 8 nitrogen and oxygen atoms in total. The van der Waals surface area contributed by atoms with Crippen molar-refractivity contribution in [3.05, 3.63) is 70.6 Å². The standard InChI is InChI=1S/C23H23FN6O2S/c1-13-9-14(2)21(15(3)10-13)26-19(31)7-8-20-25-18(30-32-20)12-33-23-27-22(28-29-23)16-5-4-6-17(24)11-16/h4-6,9-11H,7-8,12H2,1-3H3,(H,26,31)(H,27,28,29). The van der Waals surface area contributed by atoms with Crippen molar-refractivity contribution in [3.63, 3.8) is 0 Å². The van der Waals surface area contributed by atoms with Gasteiger partial charge in [0.2, 0.25) is 17.0 Å². The Morgan fingerprint density at radius 3 is 2.70 bits per heavy atom. The summed E-state index contributed by atoms with van der Waals surface area (Å²) in [6, 6.07) is 10.2. The molecule has 0 bridgehead atoms. The molecule has 170 valence electrons. The van der Waals surface area contributed by atoms with Crippen molar-refractivity contribution in [1.29, 1.82) is 0 Å². The molecule has 10 heteroatoms. The highest BCUT2D eigenvalue weighted by molar-refractivity contribution is 7.98. The number of nitrogens with zero attached hydrogens (tertiary/aromatic N) is 4. The largest absolute Gasteiger partial charge is 0.339 e. The molecule has 0 atom stereocenters. The molecule has 2 aromatic heterocycles. The van der Waals surface area contributed by atoms with Gasteiger partial charge in [0, 0.05) is 24.1 Å². The smallest absolute Gasteiger partial charge is 0.227 e. The van der Waals surface area contributed by atoms with Crippen LogP contribution in [0.2, 0.25) is 0 Å². The summed E-state index contributed by atoms with van der Waals surface area (Å²) in [6.07, 6.45) is 0.581. The summed E-state index contributed by atoms with van der Waals surface area (Å²) >= 11 is 1.33. The zero-order chi connectivity index (χ0) is 23.4. The number of carbonyl (C=O) groups is 1. The Morgan fingerprint density at radius 2 is 1.94 bits per heavy atom. The summed E-state index contributed by atoms with van der Waals surface area (Å²) < 4.78 is 18.6. The van der Waals surface area contributed by atoms with E-state index in [9.17, 15) is 9.18 Å². The van der Waals surface area contributed by atoms with E-state index in [0.29, 0.717) is 40.4 Å². The first-order valence-corrected chi connectivity index (χ1v) is 11.4. The van der Waals surface area contributed by atoms with Gasteiger partial charge >= 0.3 is 0 Å². The number of aromatic amines is 1. The fourth-order valence-corrected chi connectivity index (χ4v) is 4.10. The molecule has 0 spiro atoms. The Balaban J connectivity index is 1.28. The lowest BCUT2D eigenvalue weighted by atomic mass is 10.0. The summed E-state index contributed by atoms with van der Waals surface area (Å²) in [7, 11) is 0. The molecule has 2 N–H and O–H groups in total. The fourth-order valence-electron chi connectivity index (χ4n) is 3.45. The van der Waals surface area contributed by atoms with E-state index in [0.717, 1.165) is 22.4 Å². The van der Waals surface area contributed by atoms with E-state index in [4.69, 9.17) is 4.52 Å². The lowest BCUT2D eigenvalue weighted by molar-refractivity contribution is -0.116. The molecule has 1 amide bonds. The van der Waals surface area contributed by atoms with Gasteiger partial charge in [-0.1, -0.05) is 46.7 Å². The average Bonchev–Trinajstić information content (AvgIpc) is 3.43. The van der Waals surface area contributed by atoms with E-state index < -0.39 is 0 Å². The Labute approximate surface area is 194 Å². The molecule has 4 aromatic rings. The third-order valence-corrected chi connectivity index (χ3v) is 5.75. The van der Waals surface area contributed by atoms with E-state index in [1.54, 1.807) is 12.1 Å². The van der Waals surface area contributed by atoms with Crippen LogP contribution in [0.4, 0.5) is 10.1 Å². The molecule has 0 aliphatic heterocycles. The van der Waals surface area contributed by atoms with Crippen LogP contribution in [-0.2, 0) is 17.0 Å². The molecule has 2 aromatic carbocycles. The van der Waals surface area contributed by atoms with Gasteiger partial charge in [0.15, 0.2) is 11.6 Å². The summed E-state index contributed by atoms with van der Waals surface area (Å²) in [4.78, 5) is 21.1. The Kier molecular flexibility index (Phi) is 6.83. The number of hydrogen-bond acceptors (Lipinski definition) is 7. The van der Waals surface area contributed by atoms with Gasteiger partial charge in [-0.3, -0.25) is 9.89 Å². The second kappa shape index (κ2) is 9.95. The molecule has 0 saturated carbocycles. The van der Waals surface area contributed by atoms with Crippen LogP contribution < -0.4 is 5.32 Å². The molecule has 33 heavy (non-hydrogen) atoms. The van der Waals surface area contributed by atoms with Crippen molar-refractivity contribution in [1.82, 2.24) is 25.3 Å². The topological polar surface area (TPSA) is 110 Å². The predicted octanol–water partition coefficient (Wildman–Crippen LogP) is 4.78. The maximum Gasteiger partial charge on any atom is 0.227 e. The quantitative estimate of drug-likeness (QED) is 0.360. The van der Waals surface area contributed by atoms with Crippen molar-refractivity contribution in [2.24, 2.45) is 0 Å². The molecule has 0 fully saturated rings. The molecule has 2 heterocycles. The summed E-state index contributed by atoms with van der Waals surface area (Å²) in [5, 5.41) is 14.3. The zero-order valence-electron chi connectivity index (χ0n) is 18.5. The Bertz CT molecular complexity index is 1260. The van der Waals surface area contributed by atoms with Crippen LogP contribution in [0.25, 0.3) is 11.4 Å². The number of rotatable bonds is 8. The highest BCUT2D eigenvalue weighted by atomic mass is 32.2. The summed E-state index contributed by atoms with van der Waals surface area (Å²) in [6.45, 7) is 5.99. The molecule has 0 aliphatic carbocycles. The number of halogens is 1. The Morgan fingerprint density at radius 1 is 1.15 bits per heavy atom. The molecular weight excluding hydrogens is 443 g/mol. The van der Waals surface area contributed by atoms with Crippen LogP contribution in [0.3, 0.4) is 0 Å². The number of anilines is 1. The molecule has 0 aliphatic rings. The molecule has 0 radical (unpaired) electrons. The number of benzene rings is 2. The number of H-pyrrole nitrogens is 1. The first-order chi connectivity index (χ1) is 15.9. The van der Waals surface area contributed by atoms with E-state index in [-0.39, 0.29) is 18.1 Å². The molecule has 4 rings (SSSR count). The zero-order valence-corrected chi connectivity index (χ0v) is 19.3. The highest BCUT2D eigenvalue weighted by Crippen LogP contribution is 2.23. The van der Waals surface area contributed by atoms with Crippen LogP contribution in [0.1, 0.15) is 34.8 Å². The van der Waals surface area contributed by atoms with Gasteiger partial charge in [-0.15, -0.1) is 5.10 Å². The van der Waals surface area contributed by atoms with Gasteiger partial charge in [0.25, 0.3) is 0 Å². The number of carbonyl (C=O) groups excluding carboxylic acids is 1. The minimum atomic E-state index is -0.338. The number of aromatic nitrogens is 5. The van der Waals surface area contributed by atoms with Crippen molar-refractivity contribution in [3.8, 4) is 11.4 Å². The van der Waals surface area contributed by atoms with Crippen molar-refractivity contribution < 1.29 is 13.7 Å². The minimum absolute atomic E-state index is 0.107. The molecule has 0 saturated heterocycles. The monoisotopic (exact) mass is 466 g/mol. The summed E-state index contributed by atoms with van der Waals surface area (Å²) in [5.41, 5.74) is 4.69. The van der Waals surface area contributed by atoms with Crippen LogP contribution in [0.15, 0.2) is 46.1 Å². The lowest BCUT2D eigenvalue weighted by Gasteiger charge is -2.12. The number of hydrogen-bond donors (Lipinski definition) is 2. The van der Waals surface area contributed by atoms with Crippen LogP contribution in [0, 0.1) is 26.6 Å². The first-order valence-electron chi connectivity index (χ1n) is 10.4. The highest BCUT2D eigenvalue weighted by Gasteiger charge is 2.13. The lowest BCUT2D eigenvalue weighted by Crippen LogP contribution is -2.14. The number of thioether (sulfide) groups is 1. The van der Waals surface area contributed by atoms with Crippen LogP contribution in [-0.4, -0.2) is 31.2 Å². The fraction of sp³-hybridized carbons (Fsp3) is 0.261. The van der Waals surface area contributed by atoms with Crippen molar-refractivity contribution in [2.75, 3.05) is 5.32 Å². The van der Waals surface area contributed by atoms with Gasteiger partial charge in [0.05, 0.1) is 5.75 Å². The minimum Gasteiger partial charge on any atom is -0.339 e. The van der Waals surface area contributed by atoms with Crippen LogP contribution in [0.5, 0.6) is 0 Å². The first kappa shape index (κ1) is 22.7. The van der Waals surface area contributed by atoms with Gasteiger partial charge in [-0.05, 0) is 44.0 Å². The van der Waals surface area contributed by atoms with Gasteiger partial charge in [-0.25, -0.2) is 9.37 Å². The average molecular weight is 467 g/mol. The van der Waals surface area contributed by atoms with E-state index >= 15 is 0 Å². The SMILES string of the molecule is Cc1cc(C)c(NC(=O)CCc2nc(CSc3n[nH]c(-c4cccc(F)c4)n3)no2)c(C)c1. The van der Waals surface area contributed by atoms with Gasteiger partial charge < -0.3 is 9.84 Å². The molecule has 0 unspecified atom stereocenters. The Hall–Kier alpha value is -3.53. The van der Waals surface area contributed by atoms with E-state index in [1.807, 2.05) is 32.9 Å². The third-order valence-electron chi connectivity index (χ3n) is 4.91. The van der Waals surface area contributed by atoms with Gasteiger partial charge in [-0.2, -0.15) is 4.98 Å². The predicted molar refractivity (Wildman–Crippen MR) is 123 cm³/mol. The number of amides is 1. The normalized spacial score (nSPS) is 11.0. The maximum absolute atomic E-state index is 13.4. The maximum atomic E-state index is 13.4. The second-order valence-corrected chi connectivity index (χ2v) is 8.63. The third kappa shape index (κ3) is 5.83. The van der Waals surface area contributed by atoms with Crippen molar-refractivity contribution >= 4 is 23.4 Å². The van der Waals surface area contributed by atoms with Gasteiger partial charge in [0.1, 0.15) is 5.82 Å². The number of aryl methyl sites for hydroxylation is 4. The number of nitrogens with one attached hydrogen (secondary N) is 2. The van der Waals surface area contributed by atoms with E-state index in [1.165, 1.54) is 23.9 Å². The van der Waals surface area contributed by atoms with Crippen LogP contribution >= 0.6 is 11.8 Å². The molecular formula is C23H23FN6O2S. The summed E-state index contributed by atoms with van der Waals surface area (Å²) in [5.74, 6) is 1.32. The van der Waals surface area contributed by atoms with Crippen molar-refractivity contribution in [2.45, 2.75) is 44.5 Å².